The quantitative estimate of drug-likeness (QED) is 0.539. The Bertz CT molecular complexity index is 1150. The van der Waals surface area contributed by atoms with Gasteiger partial charge in [-0.3, -0.25) is 4.79 Å². The van der Waals surface area contributed by atoms with Crippen molar-refractivity contribution in [2.24, 2.45) is 0 Å². The van der Waals surface area contributed by atoms with Crippen molar-refractivity contribution in [2.45, 2.75) is 6.54 Å². The van der Waals surface area contributed by atoms with E-state index in [1.54, 1.807) is 26.4 Å². The van der Waals surface area contributed by atoms with Crippen LogP contribution in [0.3, 0.4) is 0 Å². The van der Waals surface area contributed by atoms with E-state index in [2.05, 4.69) is 15.3 Å². The lowest BCUT2D eigenvalue weighted by atomic mass is 10.1. The lowest BCUT2D eigenvalue weighted by Gasteiger charge is -2.06. The number of hydrogen-bond acceptors (Lipinski definition) is 6. The lowest BCUT2D eigenvalue weighted by molar-refractivity contribution is 0.0924. The summed E-state index contributed by atoms with van der Waals surface area (Å²) in [6.07, 6.45) is 1.48. The molecule has 0 aliphatic carbocycles. The normalized spacial score (nSPS) is 10.7. The van der Waals surface area contributed by atoms with E-state index in [0.717, 1.165) is 22.4 Å². The van der Waals surface area contributed by atoms with E-state index >= 15 is 0 Å². The molecule has 0 aliphatic rings. The molecule has 4 rings (SSSR count). The number of rotatable bonds is 6. The van der Waals surface area contributed by atoms with Crippen molar-refractivity contribution in [3.05, 3.63) is 72.4 Å². The molecule has 0 aliphatic heterocycles. The van der Waals surface area contributed by atoms with Crippen molar-refractivity contribution in [3.63, 3.8) is 0 Å². The third-order valence-electron chi connectivity index (χ3n) is 4.49. The van der Waals surface area contributed by atoms with Crippen LogP contribution >= 0.6 is 0 Å². The van der Waals surface area contributed by atoms with Crippen LogP contribution < -0.4 is 14.8 Å². The van der Waals surface area contributed by atoms with Gasteiger partial charge in [0.25, 0.3) is 5.91 Å². The Morgan fingerprint density at radius 1 is 1.03 bits per heavy atom. The largest absolute Gasteiger partial charge is 0.497 e. The van der Waals surface area contributed by atoms with Crippen LogP contribution in [-0.2, 0) is 6.54 Å². The number of amides is 1. The molecule has 0 radical (unpaired) electrons. The molecule has 1 amide bonds. The van der Waals surface area contributed by atoms with Gasteiger partial charge in [0.05, 0.1) is 32.2 Å². The molecule has 29 heavy (non-hydrogen) atoms. The van der Waals surface area contributed by atoms with Gasteiger partial charge < -0.3 is 19.2 Å². The summed E-state index contributed by atoms with van der Waals surface area (Å²) < 4.78 is 16.1. The van der Waals surface area contributed by atoms with Gasteiger partial charge >= 0.3 is 0 Å². The molecule has 0 unspecified atom stereocenters. The number of furan rings is 1. The molecule has 0 spiro atoms. The molecular weight excluding hydrogens is 370 g/mol. The van der Waals surface area contributed by atoms with Crippen LogP contribution in [0.25, 0.3) is 22.2 Å². The molecule has 7 heteroatoms. The average molecular weight is 389 g/mol. The number of para-hydroxylation sites is 1. The Hall–Kier alpha value is -3.87. The molecule has 0 fully saturated rings. The first-order valence-electron chi connectivity index (χ1n) is 8.98. The van der Waals surface area contributed by atoms with Crippen LogP contribution in [0.2, 0.25) is 0 Å². The number of ether oxygens (including phenoxy) is 2. The van der Waals surface area contributed by atoms with Gasteiger partial charge in [0.2, 0.25) is 0 Å². The van der Waals surface area contributed by atoms with Crippen molar-refractivity contribution in [1.29, 1.82) is 0 Å². The minimum absolute atomic E-state index is 0.217. The molecule has 2 aromatic carbocycles. The van der Waals surface area contributed by atoms with Gasteiger partial charge in [0, 0.05) is 10.9 Å². The summed E-state index contributed by atoms with van der Waals surface area (Å²) in [6.45, 7) is 0.249. The first-order valence-corrected chi connectivity index (χ1v) is 8.98. The molecule has 2 aromatic heterocycles. The van der Waals surface area contributed by atoms with E-state index in [4.69, 9.17) is 13.9 Å². The summed E-state index contributed by atoms with van der Waals surface area (Å²) >= 11 is 0. The second-order valence-electron chi connectivity index (χ2n) is 6.30. The highest BCUT2D eigenvalue weighted by Crippen LogP contribution is 2.28. The average Bonchev–Trinajstić information content (AvgIpc) is 3.22. The number of carbonyl (C=O) groups excluding carboxylic acids is 1. The Balaban J connectivity index is 1.48. The number of benzene rings is 2. The third kappa shape index (κ3) is 3.89. The smallest absolute Gasteiger partial charge is 0.287 e. The molecule has 7 nitrogen and oxygen atoms in total. The van der Waals surface area contributed by atoms with Gasteiger partial charge in [-0.1, -0.05) is 12.1 Å². The highest BCUT2D eigenvalue weighted by molar-refractivity contribution is 5.97. The van der Waals surface area contributed by atoms with E-state index in [9.17, 15) is 4.79 Å². The SMILES string of the molecule is COc1ccc(-c2cc(CNC(=O)c3cc4cccc(OC)c4o3)ncn2)cc1. The Labute approximate surface area is 167 Å². The van der Waals surface area contributed by atoms with Crippen LogP contribution in [0, 0.1) is 0 Å². The number of aromatic nitrogens is 2. The maximum atomic E-state index is 12.5. The van der Waals surface area contributed by atoms with Crippen molar-refractivity contribution in [3.8, 4) is 22.8 Å². The molecule has 1 N–H and O–H groups in total. The van der Waals surface area contributed by atoms with Crippen molar-refractivity contribution >= 4 is 16.9 Å². The second kappa shape index (κ2) is 8.02. The van der Waals surface area contributed by atoms with Gasteiger partial charge in [0.1, 0.15) is 12.1 Å². The van der Waals surface area contributed by atoms with Gasteiger partial charge in [-0.25, -0.2) is 9.97 Å². The minimum atomic E-state index is -0.326. The summed E-state index contributed by atoms with van der Waals surface area (Å²) in [5.41, 5.74) is 2.93. The highest BCUT2D eigenvalue weighted by Gasteiger charge is 2.15. The molecule has 0 bridgehead atoms. The first-order chi connectivity index (χ1) is 14.2. The van der Waals surface area contributed by atoms with Gasteiger partial charge in [-0.2, -0.15) is 0 Å². The van der Waals surface area contributed by atoms with E-state index < -0.39 is 0 Å². The Morgan fingerprint density at radius 3 is 2.62 bits per heavy atom. The number of carbonyl (C=O) groups is 1. The fourth-order valence-corrected chi connectivity index (χ4v) is 2.98. The number of hydrogen-bond donors (Lipinski definition) is 1. The zero-order chi connectivity index (χ0) is 20.2. The van der Waals surface area contributed by atoms with Crippen LogP contribution in [-0.4, -0.2) is 30.1 Å². The van der Waals surface area contributed by atoms with E-state index in [-0.39, 0.29) is 18.2 Å². The Kier molecular flexibility index (Phi) is 5.11. The van der Waals surface area contributed by atoms with E-state index in [1.807, 2.05) is 42.5 Å². The van der Waals surface area contributed by atoms with Crippen molar-refractivity contribution in [1.82, 2.24) is 15.3 Å². The van der Waals surface area contributed by atoms with Crippen LogP contribution in [0.1, 0.15) is 16.2 Å². The fourth-order valence-electron chi connectivity index (χ4n) is 2.98. The van der Waals surface area contributed by atoms with E-state index in [0.29, 0.717) is 17.0 Å². The molecule has 146 valence electrons. The number of fused-ring (bicyclic) bond motifs is 1. The van der Waals surface area contributed by atoms with E-state index in [1.165, 1.54) is 6.33 Å². The van der Waals surface area contributed by atoms with Gasteiger partial charge in [-0.15, -0.1) is 0 Å². The topological polar surface area (TPSA) is 86.5 Å². The predicted molar refractivity (Wildman–Crippen MR) is 108 cm³/mol. The number of nitrogens with one attached hydrogen (secondary N) is 1. The first kappa shape index (κ1) is 18.5. The molecule has 0 saturated heterocycles. The zero-order valence-electron chi connectivity index (χ0n) is 16.0. The second-order valence-corrected chi connectivity index (χ2v) is 6.30. The molecule has 0 saturated carbocycles. The number of methoxy groups -OCH3 is 2. The molecule has 2 heterocycles. The maximum absolute atomic E-state index is 12.5. The standard InChI is InChI=1S/C22H19N3O4/c1-27-17-8-6-14(7-9-17)18-11-16(24-13-25-18)12-23-22(26)20-10-15-4-3-5-19(28-2)21(15)29-20/h3-11,13H,12H2,1-2H3,(H,23,26). The Morgan fingerprint density at radius 2 is 1.86 bits per heavy atom. The summed E-state index contributed by atoms with van der Waals surface area (Å²) in [5, 5.41) is 3.63. The summed E-state index contributed by atoms with van der Waals surface area (Å²) in [6, 6.07) is 16.6. The maximum Gasteiger partial charge on any atom is 0.287 e. The van der Waals surface area contributed by atoms with Crippen LogP contribution in [0.4, 0.5) is 0 Å². The lowest BCUT2D eigenvalue weighted by Crippen LogP contribution is -2.22. The van der Waals surface area contributed by atoms with Crippen molar-refractivity contribution in [2.75, 3.05) is 14.2 Å². The molecular formula is C22H19N3O4. The highest BCUT2D eigenvalue weighted by atomic mass is 16.5. The third-order valence-corrected chi connectivity index (χ3v) is 4.49. The fraction of sp³-hybridized carbons (Fsp3) is 0.136. The molecule has 4 aromatic rings. The molecule has 0 atom stereocenters. The summed E-state index contributed by atoms with van der Waals surface area (Å²) in [4.78, 5) is 21.0. The summed E-state index contributed by atoms with van der Waals surface area (Å²) in [7, 11) is 3.19. The van der Waals surface area contributed by atoms with Gasteiger partial charge in [-0.05, 0) is 42.5 Å². The monoisotopic (exact) mass is 389 g/mol. The van der Waals surface area contributed by atoms with Crippen molar-refractivity contribution < 1.29 is 18.7 Å². The zero-order valence-corrected chi connectivity index (χ0v) is 16.0. The minimum Gasteiger partial charge on any atom is -0.497 e. The number of nitrogens with zero attached hydrogens (tertiary/aromatic N) is 2. The summed E-state index contributed by atoms with van der Waals surface area (Å²) in [5.74, 6) is 1.25. The van der Waals surface area contributed by atoms with Crippen LogP contribution in [0.5, 0.6) is 11.5 Å². The predicted octanol–water partition coefficient (Wildman–Crippen LogP) is 3.84. The van der Waals surface area contributed by atoms with Crippen LogP contribution in [0.15, 0.2) is 65.3 Å². The van der Waals surface area contributed by atoms with Gasteiger partial charge in [0.15, 0.2) is 17.1 Å².